The summed E-state index contributed by atoms with van der Waals surface area (Å²) >= 11 is 0. The molecule has 0 radical (unpaired) electrons. The molecule has 2 aliphatic heterocycles. The van der Waals surface area contributed by atoms with Gasteiger partial charge < -0.3 is 18.9 Å². The van der Waals surface area contributed by atoms with Gasteiger partial charge in [0.2, 0.25) is 6.79 Å². The van der Waals surface area contributed by atoms with E-state index < -0.39 is 0 Å². The van der Waals surface area contributed by atoms with Gasteiger partial charge in [0, 0.05) is 24.0 Å². The van der Waals surface area contributed by atoms with Crippen molar-refractivity contribution in [2.75, 3.05) is 20.0 Å². The topological polar surface area (TPSA) is 43.5 Å². The maximum atomic E-state index is 5.68. The first-order chi connectivity index (χ1) is 15.3. The van der Waals surface area contributed by atoms with Crippen molar-refractivity contribution in [3.8, 4) is 23.3 Å². The second-order valence-corrected chi connectivity index (χ2v) is 7.84. The van der Waals surface area contributed by atoms with Gasteiger partial charge in [-0.25, -0.2) is 0 Å². The van der Waals surface area contributed by atoms with Gasteiger partial charge in [0.05, 0.1) is 25.4 Å². The standard InChI is InChI=1S/C27H24O4/c1(20-3-5-22(6-4-20)15-26-17-28-26)2-21-7-11-24(12-8-21)30-19-31-25-13-9-23(10-14-25)16-27-18-29-27/h3-14,26-27H,15-19H2. The molecule has 3 aromatic carbocycles. The number of ether oxygens (including phenoxy) is 4. The molecule has 0 saturated carbocycles. The van der Waals surface area contributed by atoms with Gasteiger partial charge in [-0.2, -0.15) is 0 Å². The summed E-state index contributed by atoms with van der Waals surface area (Å²) in [5, 5.41) is 0. The van der Waals surface area contributed by atoms with E-state index in [4.69, 9.17) is 18.9 Å². The molecular weight excluding hydrogens is 388 g/mol. The van der Waals surface area contributed by atoms with E-state index >= 15 is 0 Å². The molecule has 2 fully saturated rings. The third-order valence-electron chi connectivity index (χ3n) is 5.27. The van der Waals surface area contributed by atoms with Crippen LogP contribution in [0, 0.1) is 11.8 Å². The molecule has 0 aromatic heterocycles. The lowest BCUT2D eigenvalue weighted by atomic mass is 10.1. The lowest BCUT2D eigenvalue weighted by Gasteiger charge is -2.09. The highest BCUT2D eigenvalue weighted by molar-refractivity contribution is 5.45. The molecule has 4 nitrogen and oxygen atoms in total. The van der Waals surface area contributed by atoms with Gasteiger partial charge >= 0.3 is 0 Å². The highest BCUT2D eigenvalue weighted by Crippen LogP contribution is 2.20. The molecule has 2 aliphatic rings. The molecule has 2 saturated heterocycles. The van der Waals surface area contributed by atoms with E-state index in [0.717, 1.165) is 48.7 Å². The molecule has 2 atom stereocenters. The molecule has 4 heteroatoms. The van der Waals surface area contributed by atoms with Crippen molar-refractivity contribution in [3.05, 3.63) is 95.1 Å². The quantitative estimate of drug-likeness (QED) is 0.313. The first-order valence-electron chi connectivity index (χ1n) is 10.6. The molecule has 2 unspecified atom stereocenters. The molecule has 0 aliphatic carbocycles. The summed E-state index contributed by atoms with van der Waals surface area (Å²) in [4.78, 5) is 0. The van der Waals surface area contributed by atoms with Crippen molar-refractivity contribution < 1.29 is 18.9 Å². The minimum absolute atomic E-state index is 0.161. The fourth-order valence-corrected chi connectivity index (χ4v) is 3.29. The van der Waals surface area contributed by atoms with Gasteiger partial charge in [0.1, 0.15) is 11.5 Å². The number of hydrogen-bond acceptors (Lipinski definition) is 4. The van der Waals surface area contributed by atoms with Gasteiger partial charge in [-0.15, -0.1) is 0 Å². The van der Waals surface area contributed by atoms with E-state index in [-0.39, 0.29) is 6.79 Å². The third-order valence-corrected chi connectivity index (χ3v) is 5.27. The fraction of sp³-hybridized carbons (Fsp3) is 0.259. The molecule has 0 spiro atoms. The van der Waals surface area contributed by atoms with Crippen LogP contribution in [0.25, 0.3) is 0 Å². The number of hydrogen-bond donors (Lipinski definition) is 0. The number of rotatable bonds is 8. The zero-order valence-corrected chi connectivity index (χ0v) is 17.3. The van der Waals surface area contributed by atoms with Crippen LogP contribution in [0.15, 0.2) is 72.8 Å². The maximum Gasteiger partial charge on any atom is 0.230 e. The van der Waals surface area contributed by atoms with Crippen molar-refractivity contribution in [2.24, 2.45) is 0 Å². The van der Waals surface area contributed by atoms with E-state index in [1.54, 1.807) is 0 Å². The Morgan fingerprint density at radius 3 is 1.45 bits per heavy atom. The smallest absolute Gasteiger partial charge is 0.230 e. The molecule has 156 valence electrons. The van der Waals surface area contributed by atoms with Crippen LogP contribution in [-0.2, 0) is 22.3 Å². The SMILES string of the molecule is C(#Cc1ccc(OCOc2ccc(CC3CO3)cc2)cc1)c1ccc(CC2CO2)cc1. The average molecular weight is 412 g/mol. The van der Waals surface area contributed by atoms with Crippen LogP contribution in [0.1, 0.15) is 22.3 Å². The summed E-state index contributed by atoms with van der Waals surface area (Å²) < 4.78 is 21.9. The fourth-order valence-electron chi connectivity index (χ4n) is 3.29. The van der Waals surface area contributed by atoms with Crippen LogP contribution in [0.2, 0.25) is 0 Å². The highest BCUT2D eigenvalue weighted by atomic mass is 16.7. The Balaban J connectivity index is 1.08. The predicted octanol–water partition coefficient (Wildman–Crippen LogP) is 4.38. The third kappa shape index (κ3) is 6.11. The molecule has 2 heterocycles. The summed E-state index contributed by atoms with van der Waals surface area (Å²) in [6, 6.07) is 24.2. The molecule has 3 aromatic rings. The summed E-state index contributed by atoms with van der Waals surface area (Å²) in [6.07, 6.45) is 2.76. The molecule has 0 amide bonds. The van der Waals surface area contributed by atoms with Crippen molar-refractivity contribution in [2.45, 2.75) is 25.0 Å². The monoisotopic (exact) mass is 412 g/mol. The van der Waals surface area contributed by atoms with E-state index in [1.165, 1.54) is 11.1 Å². The van der Waals surface area contributed by atoms with E-state index in [1.807, 2.05) is 36.4 Å². The zero-order valence-electron chi connectivity index (χ0n) is 17.3. The first-order valence-corrected chi connectivity index (χ1v) is 10.6. The number of epoxide rings is 2. The summed E-state index contributed by atoms with van der Waals surface area (Å²) in [5.41, 5.74) is 4.50. The Bertz CT molecular complexity index is 1050. The van der Waals surface area contributed by atoms with Gasteiger partial charge in [0.15, 0.2) is 0 Å². The Labute approximate surface area is 182 Å². The maximum absolute atomic E-state index is 5.68. The molecular formula is C27H24O4. The molecule has 31 heavy (non-hydrogen) atoms. The normalized spacial score (nSPS) is 18.6. The van der Waals surface area contributed by atoms with Gasteiger partial charge in [-0.1, -0.05) is 36.1 Å². The summed E-state index contributed by atoms with van der Waals surface area (Å²) in [6.45, 7) is 1.92. The van der Waals surface area contributed by atoms with Crippen molar-refractivity contribution in [1.29, 1.82) is 0 Å². The van der Waals surface area contributed by atoms with Crippen LogP contribution >= 0.6 is 0 Å². The second-order valence-electron chi connectivity index (χ2n) is 7.84. The minimum atomic E-state index is 0.161. The molecule has 0 N–H and O–H groups in total. The largest absolute Gasteiger partial charge is 0.458 e. The van der Waals surface area contributed by atoms with Gasteiger partial charge in [-0.05, 0) is 59.7 Å². The summed E-state index contributed by atoms with van der Waals surface area (Å²) in [7, 11) is 0. The second kappa shape index (κ2) is 9.26. The first kappa shape index (κ1) is 19.7. The molecule has 5 rings (SSSR count). The Kier molecular flexibility index (Phi) is 5.88. The average Bonchev–Trinajstić information content (AvgIpc) is 3.73. The van der Waals surface area contributed by atoms with Crippen molar-refractivity contribution in [3.63, 3.8) is 0 Å². The lowest BCUT2D eigenvalue weighted by molar-refractivity contribution is 0.120. The van der Waals surface area contributed by atoms with Crippen molar-refractivity contribution in [1.82, 2.24) is 0 Å². The van der Waals surface area contributed by atoms with Crippen LogP contribution < -0.4 is 9.47 Å². The minimum Gasteiger partial charge on any atom is -0.458 e. The Hall–Kier alpha value is -3.26. The van der Waals surface area contributed by atoms with Crippen LogP contribution in [0.3, 0.4) is 0 Å². The van der Waals surface area contributed by atoms with Crippen molar-refractivity contribution >= 4 is 0 Å². The van der Waals surface area contributed by atoms with Gasteiger partial charge in [0.25, 0.3) is 0 Å². The Morgan fingerprint density at radius 2 is 1.00 bits per heavy atom. The Morgan fingerprint density at radius 1 is 0.613 bits per heavy atom. The highest BCUT2D eigenvalue weighted by Gasteiger charge is 2.22. The number of benzene rings is 3. The van der Waals surface area contributed by atoms with Crippen LogP contribution in [-0.4, -0.2) is 32.2 Å². The molecule has 0 bridgehead atoms. The van der Waals surface area contributed by atoms with E-state index in [2.05, 4.69) is 48.2 Å². The lowest BCUT2D eigenvalue weighted by Crippen LogP contribution is -2.05. The van der Waals surface area contributed by atoms with E-state index in [0.29, 0.717) is 12.2 Å². The summed E-state index contributed by atoms with van der Waals surface area (Å²) in [5.74, 6) is 7.94. The predicted molar refractivity (Wildman–Crippen MR) is 118 cm³/mol. The van der Waals surface area contributed by atoms with Crippen LogP contribution in [0.4, 0.5) is 0 Å². The van der Waals surface area contributed by atoms with Gasteiger partial charge in [-0.3, -0.25) is 0 Å². The van der Waals surface area contributed by atoms with E-state index in [9.17, 15) is 0 Å². The zero-order chi connectivity index (χ0) is 20.9. The van der Waals surface area contributed by atoms with Crippen LogP contribution in [0.5, 0.6) is 11.5 Å².